The molecule has 53 heavy (non-hydrogen) atoms. The van der Waals surface area contributed by atoms with Gasteiger partial charge in [0.1, 0.15) is 11.2 Å². The number of likely N-dealkylation sites (tertiary alicyclic amines) is 2. The number of fused-ring (bicyclic) bond motifs is 2. The predicted octanol–water partition coefficient (Wildman–Crippen LogP) is 8.21. The lowest BCUT2D eigenvalue weighted by atomic mass is 9.56. The van der Waals surface area contributed by atoms with E-state index in [0.717, 1.165) is 49.7 Å². The summed E-state index contributed by atoms with van der Waals surface area (Å²) in [5.74, 6) is 2.09. The van der Waals surface area contributed by atoms with Gasteiger partial charge < -0.3 is 28.7 Å². The zero-order valence-corrected chi connectivity index (χ0v) is 32.9. The van der Waals surface area contributed by atoms with Gasteiger partial charge in [0.2, 0.25) is 11.8 Å². The number of hydrogen-bond donors (Lipinski definition) is 0. The second-order valence-electron chi connectivity index (χ2n) is 18.7. The Morgan fingerprint density at radius 2 is 1.02 bits per heavy atom. The maximum absolute atomic E-state index is 13.4. The molecule has 286 valence electrons. The van der Waals surface area contributed by atoms with Gasteiger partial charge in [-0.05, 0) is 94.1 Å². The highest BCUT2D eigenvalue weighted by molar-refractivity contribution is 5.81. The number of aryl methyl sites for hydroxylation is 1. The zero-order chi connectivity index (χ0) is 37.1. The minimum absolute atomic E-state index is 0.00554. The molecule has 2 saturated carbocycles. The van der Waals surface area contributed by atoms with E-state index in [1.54, 1.807) is 0 Å². The van der Waals surface area contributed by atoms with E-state index < -0.39 is 11.6 Å². The van der Waals surface area contributed by atoms with E-state index in [0.29, 0.717) is 36.8 Å². The average molecular weight is 725 g/mol. The monoisotopic (exact) mass is 724 g/mol. The van der Waals surface area contributed by atoms with Crippen molar-refractivity contribution in [1.29, 1.82) is 0 Å². The first-order valence-corrected chi connectivity index (χ1v) is 20.7. The Morgan fingerprint density at radius 1 is 0.585 bits per heavy atom. The van der Waals surface area contributed by atoms with Crippen molar-refractivity contribution in [2.75, 3.05) is 0 Å². The number of amides is 2. The molecule has 0 aromatic heterocycles. The van der Waals surface area contributed by atoms with Crippen LogP contribution in [0, 0.1) is 54.3 Å². The largest absolute Gasteiger partial charge is 0.338 e. The molecule has 14 atom stereocenters. The molecule has 8 heteroatoms. The molecular weight excluding hydrogens is 665 g/mol. The first-order valence-electron chi connectivity index (χ1n) is 20.7. The topological polar surface area (TPSA) is 77.5 Å². The van der Waals surface area contributed by atoms with Crippen molar-refractivity contribution in [3.8, 4) is 0 Å². The fourth-order valence-corrected chi connectivity index (χ4v) is 12.8. The van der Waals surface area contributed by atoms with Gasteiger partial charge in [0, 0.05) is 49.6 Å². The minimum atomic E-state index is -0.549. The summed E-state index contributed by atoms with van der Waals surface area (Å²) in [6, 6.07) is 18.7. The van der Waals surface area contributed by atoms with Crippen LogP contribution in [-0.2, 0) is 41.6 Å². The van der Waals surface area contributed by atoms with Crippen molar-refractivity contribution in [2.24, 2.45) is 47.3 Å². The van der Waals surface area contributed by atoms with Crippen molar-refractivity contribution < 1.29 is 28.5 Å². The van der Waals surface area contributed by atoms with Crippen LogP contribution in [0.3, 0.4) is 0 Å². The van der Waals surface area contributed by atoms with Crippen molar-refractivity contribution in [3.63, 3.8) is 0 Å². The summed E-state index contributed by atoms with van der Waals surface area (Å²) in [5, 5.41) is 0. The van der Waals surface area contributed by atoms with Crippen LogP contribution in [-0.4, -0.2) is 56.8 Å². The molecule has 2 aliphatic carbocycles. The van der Waals surface area contributed by atoms with Gasteiger partial charge >= 0.3 is 0 Å². The number of carbonyl (C=O) groups is 2. The molecule has 2 aromatic rings. The number of rotatable bonds is 4. The van der Waals surface area contributed by atoms with Gasteiger partial charge in [0.15, 0.2) is 24.0 Å². The van der Waals surface area contributed by atoms with Gasteiger partial charge in [0.25, 0.3) is 0 Å². The van der Waals surface area contributed by atoms with Crippen molar-refractivity contribution in [3.05, 3.63) is 71.3 Å². The molecule has 8 aliphatic rings. The fourth-order valence-electron chi connectivity index (χ4n) is 12.8. The molecule has 10 unspecified atom stereocenters. The van der Waals surface area contributed by atoms with Crippen LogP contribution in [0.25, 0.3) is 0 Å². The van der Waals surface area contributed by atoms with Crippen LogP contribution in [0.4, 0.5) is 0 Å². The van der Waals surface area contributed by atoms with Gasteiger partial charge in [-0.3, -0.25) is 9.59 Å². The zero-order valence-electron chi connectivity index (χ0n) is 32.9. The Balaban J connectivity index is 0.000000141. The molecule has 6 saturated heterocycles. The first kappa shape index (κ1) is 35.9. The number of benzene rings is 2. The summed E-state index contributed by atoms with van der Waals surface area (Å²) in [7, 11) is 0. The average Bonchev–Trinajstić information content (AvgIpc) is 3.51. The molecule has 2 amide bonds. The van der Waals surface area contributed by atoms with E-state index in [-0.39, 0.29) is 59.1 Å². The van der Waals surface area contributed by atoms with Gasteiger partial charge in [0.05, 0.1) is 0 Å². The third-order valence-electron chi connectivity index (χ3n) is 15.4. The third kappa shape index (κ3) is 5.35. The van der Waals surface area contributed by atoms with Crippen LogP contribution < -0.4 is 0 Å². The van der Waals surface area contributed by atoms with Gasteiger partial charge in [-0.1, -0.05) is 87.9 Å². The normalized spacial score (nSPS) is 46.3. The summed E-state index contributed by atoms with van der Waals surface area (Å²) in [5.41, 5.74) is 2.89. The van der Waals surface area contributed by atoms with E-state index in [9.17, 15) is 9.59 Å². The summed E-state index contributed by atoms with van der Waals surface area (Å²) < 4.78 is 26.7. The lowest BCUT2D eigenvalue weighted by Crippen LogP contribution is -2.70. The Bertz CT molecular complexity index is 1740. The van der Waals surface area contributed by atoms with Crippen LogP contribution >= 0.6 is 0 Å². The molecule has 4 bridgehead atoms. The second kappa shape index (κ2) is 12.6. The Labute approximate surface area is 316 Å². The molecule has 8 fully saturated rings. The Hall–Kier alpha value is -2.78. The predicted molar refractivity (Wildman–Crippen MR) is 200 cm³/mol. The van der Waals surface area contributed by atoms with E-state index in [1.807, 2.05) is 28.0 Å². The maximum Gasteiger partial charge on any atom is 0.228 e. The second-order valence-corrected chi connectivity index (χ2v) is 18.7. The van der Waals surface area contributed by atoms with E-state index in [4.69, 9.17) is 18.9 Å². The number of nitrogens with zero attached hydrogens (tertiary/aromatic N) is 2. The van der Waals surface area contributed by atoms with Gasteiger partial charge in [-0.2, -0.15) is 0 Å². The van der Waals surface area contributed by atoms with E-state index in [1.165, 1.54) is 18.4 Å². The standard InChI is InChI=1S/C23H31NO3.C22H29NO3/c1-14-5-8-17(9-6-14)13-24-20(25)16(3)19-10-7-15(2)18-11-12-22(4)26-21(24)23(18,19)27-22;1-14-9-10-18-15(2)19(24)23(13-16-7-5-4-6-8-16)20-22(18)17(14)11-12-21(3,25-20)26-22/h5-6,8-9,15-16,18-19,21H,7,10-13H2,1-4H3;4-8,14-15,17-18,20H,9-13H2,1-3H3/t15?,16-,18?,19?,21?,22+,23?;14?,15-,17?,18?,20?,21+,22?/m11/s1. The lowest BCUT2D eigenvalue weighted by Gasteiger charge is -2.59. The van der Waals surface area contributed by atoms with Crippen LogP contribution in [0.2, 0.25) is 0 Å². The number of hydrogen-bond acceptors (Lipinski definition) is 6. The Morgan fingerprint density at radius 3 is 1.47 bits per heavy atom. The van der Waals surface area contributed by atoms with Crippen LogP contribution in [0.15, 0.2) is 54.6 Å². The smallest absolute Gasteiger partial charge is 0.228 e. The van der Waals surface area contributed by atoms with Crippen molar-refractivity contribution >= 4 is 11.8 Å². The molecular formula is C45H60N2O6. The molecule has 8 nitrogen and oxygen atoms in total. The quantitative estimate of drug-likeness (QED) is 0.317. The minimum Gasteiger partial charge on any atom is -0.338 e. The highest BCUT2D eigenvalue weighted by Gasteiger charge is 2.74. The molecule has 6 aliphatic heterocycles. The molecule has 10 rings (SSSR count). The number of piperidine rings is 2. The number of ether oxygens (including phenoxy) is 4. The molecule has 6 heterocycles. The van der Waals surface area contributed by atoms with Crippen molar-refractivity contribution in [1.82, 2.24) is 9.80 Å². The highest BCUT2D eigenvalue weighted by atomic mass is 16.8. The lowest BCUT2D eigenvalue weighted by molar-refractivity contribution is -0.255. The summed E-state index contributed by atoms with van der Waals surface area (Å²) in [6.07, 6.45) is 8.15. The van der Waals surface area contributed by atoms with Gasteiger partial charge in [-0.25, -0.2) is 0 Å². The SMILES string of the molecule is CC1CCC2[C@@H](C)C(=O)N(Cc3ccccc3)C3O[C@]4(C)CCC1C23O4.Cc1ccc(CN2C(=O)[C@H](C)C3CCC(C)C4CC[C@@]5(C)OC2C43O5)cc1. The summed E-state index contributed by atoms with van der Waals surface area (Å²) in [6.45, 7) is 16.4. The first-order chi connectivity index (χ1) is 25.3. The molecule has 0 N–H and O–H groups in total. The molecule has 2 aromatic carbocycles. The van der Waals surface area contributed by atoms with Crippen molar-refractivity contribution in [2.45, 2.75) is 148 Å². The summed E-state index contributed by atoms with van der Waals surface area (Å²) in [4.78, 5) is 30.7. The Kier molecular flexibility index (Phi) is 8.55. The summed E-state index contributed by atoms with van der Waals surface area (Å²) >= 11 is 0. The number of carbonyl (C=O) groups excluding carboxylic acids is 2. The van der Waals surface area contributed by atoms with E-state index >= 15 is 0 Å². The third-order valence-corrected chi connectivity index (χ3v) is 15.4. The van der Waals surface area contributed by atoms with Gasteiger partial charge in [-0.15, -0.1) is 0 Å². The van der Waals surface area contributed by atoms with Crippen LogP contribution in [0.5, 0.6) is 0 Å². The van der Waals surface area contributed by atoms with Crippen LogP contribution in [0.1, 0.15) is 110 Å². The molecule has 2 spiro atoms. The highest BCUT2D eigenvalue weighted by Crippen LogP contribution is 2.65. The fraction of sp³-hybridized carbons (Fsp3) is 0.689. The van der Waals surface area contributed by atoms with E-state index in [2.05, 4.69) is 84.9 Å². The molecule has 0 radical (unpaired) electrons. The maximum atomic E-state index is 13.4.